The van der Waals surface area contributed by atoms with Gasteiger partial charge in [0.25, 0.3) is 5.91 Å². The number of halogens is 2. The number of nitrogens with one attached hydrogen (secondary N) is 2. The van der Waals surface area contributed by atoms with Crippen molar-refractivity contribution in [2.75, 3.05) is 6.54 Å². The molecule has 1 atom stereocenters. The number of hydrogen-bond donors (Lipinski definition) is 2. The first-order valence-corrected chi connectivity index (χ1v) is 10.6. The summed E-state index contributed by atoms with van der Waals surface area (Å²) in [6.07, 6.45) is 4.51. The maximum Gasteiger partial charge on any atom is 0.252 e. The summed E-state index contributed by atoms with van der Waals surface area (Å²) in [6, 6.07) is 7.84. The van der Waals surface area contributed by atoms with Crippen LogP contribution in [0.5, 0.6) is 0 Å². The molecule has 7 nitrogen and oxygen atoms in total. The fraction of sp³-hybridized carbons (Fsp3) is 0.143. The van der Waals surface area contributed by atoms with Crippen LogP contribution in [0.25, 0.3) is 0 Å². The van der Waals surface area contributed by atoms with Crippen LogP contribution in [0, 0.1) is 11.6 Å². The molecule has 3 rings (SSSR count). The van der Waals surface area contributed by atoms with Crippen LogP contribution in [0.3, 0.4) is 0 Å². The fourth-order valence-electron chi connectivity index (χ4n) is 2.95. The zero-order chi connectivity index (χ0) is 22.6. The van der Waals surface area contributed by atoms with Gasteiger partial charge in [-0.2, -0.15) is 0 Å². The van der Waals surface area contributed by atoms with E-state index in [1.807, 2.05) is 0 Å². The van der Waals surface area contributed by atoms with Gasteiger partial charge >= 0.3 is 0 Å². The molecule has 2 N–H and O–H groups in total. The molecular formula is C21H20F2N4O3S. The van der Waals surface area contributed by atoms with Crippen molar-refractivity contribution in [3.05, 3.63) is 96.1 Å². The molecule has 0 aliphatic heterocycles. The monoisotopic (exact) mass is 446 g/mol. The van der Waals surface area contributed by atoms with Gasteiger partial charge in [0.05, 0.1) is 0 Å². The van der Waals surface area contributed by atoms with E-state index in [0.29, 0.717) is 11.4 Å². The molecule has 0 saturated heterocycles. The van der Waals surface area contributed by atoms with Crippen LogP contribution >= 0.6 is 0 Å². The van der Waals surface area contributed by atoms with Gasteiger partial charge in [-0.05, 0) is 35.9 Å². The Morgan fingerprint density at radius 3 is 2.68 bits per heavy atom. The molecule has 1 amide bonds. The number of aryl methyl sites for hydroxylation is 1. The van der Waals surface area contributed by atoms with Crippen molar-refractivity contribution in [2.24, 2.45) is 7.05 Å². The van der Waals surface area contributed by atoms with E-state index in [2.05, 4.69) is 21.6 Å². The molecule has 0 spiro atoms. The Kier molecular flexibility index (Phi) is 6.62. The smallest absolute Gasteiger partial charge is 0.252 e. The van der Waals surface area contributed by atoms with E-state index < -0.39 is 38.5 Å². The molecule has 31 heavy (non-hydrogen) atoms. The van der Waals surface area contributed by atoms with Crippen molar-refractivity contribution in [3.63, 3.8) is 0 Å². The van der Waals surface area contributed by atoms with Gasteiger partial charge in [0.15, 0.2) is 0 Å². The lowest BCUT2D eigenvalue weighted by atomic mass is 10.0. The summed E-state index contributed by atoms with van der Waals surface area (Å²) in [5.41, 5.74) is 0.348. The third-order valence-corrected chi connectivity index (χ3v) is 5.91. The van der Waals surface area contributed by atoms with Crippen molar-refractivity contribution in [1.29, 1.82) is 0 Å². The van der Waals surface area contributed by atoms with Crippen molar-refractivity contribution in [1.82, 2.24) is 19.6 Å². The van der Waals surface area contributed by atoms with Crippen molar-refractivity contribution >= 4 is 15.9 Å². The number of benzene rings is 2. The minimum absolute atomic E-state index is 0.0870. The molecule has 1 aromatic heterocycles. The zero-order valence-electron chi connectivity index (χ0n) is 16.5. The van der Waals surface area contributed by atoms with Gasteiger partial charge in [0, 0.05) is 31.5 Å². The van der Waals surface area contributed by atoms with Gasteiger partial charge in [-0.25, -0.2) is 26.9 Å². The van der Waals surface area contributed by atoms with E-state index in [1.165, 1.54) is 30.5 Å². The summed E-state index contributed by atoms with van der Waals surface area (Å²) in [6.45, 7) is 3.31. The largest absolute Gasteiger partial charge is 0.338 e. The van der Waals surface area contributed by atoms with Crippen molar-refractivity contribution in [2.45, 2.75) is 10.9 Å². The molecule has 162 valence electrons. The maximum atomic E-state index is 14.2. The second-order valence-electron chi connectivity index (χ2n) is 6.64. The average Bonchev–Trinajstić information content (AvgIpc) is 3.16. The Morgan fingerprint density at radius 2 is 2.03 bits per heavy atom. The highest BCUT2D eigenvalue weighted by atomic mass is 32.2. The quantitative estimate of drug-likeness (QED) is 0.521. The number of aromatic nitrogens is 2. The lowest BCUT2D eigenvalue weighted by Gasteiger charge is -2.19. The topological polar surface area (TPSA) is 93.1 Å². The summed E-state index contributed by atoms with van der Waals surface area (Å²) in [5, 5.41) is 2.72. The van der Waals surface area contributed by atoms with Crippen LogP contribution in [-0.2, 0) is 17.1 Å². The third kappa shape index (κ3) is 5.04. The SMILES string of the molecule is C=CCNS(=O)(=O)c1cc(C(=O)NC(c2cccc(F)c2)c2nccn2C)ccc1F. The van der Waals surface area contributed by atoms with E-state index >= 15 is 0 Å². The van der Waals surface area contributed by atoms with Gasteiger partial charge in [-0.1, -0.05) is 18.2 Å². The zero-order valence-corrected chi connectivity index (χ0v) is 17.4. The van der Waals surface area contributed by atoms with Gasteiger partial charge in [-0.15, -0.1) is 6.58 Å². The second-order valence-corrected chi connectivity index (χ2v) is 8.38. The Hall–Kier alpha value is -3.37. The Morgan fingerprint density at radius 1 is 1.26 bits per heavy atom. The number of amides is 1. The second kappa shape index (κ2) is 9.19. The Balaban J connectivity index is 1.97. The predicted molar refractivity (Wildman–Crippen MR) is 111 cm³/mol. The van der Waals surface area contributed by atoms with Gasteiger partial charge in [-0.3, -0.25) is 4.79 Å². The number of carbonyl (C=O) groups excluding carboxylic acids is 1. The minimum atomic E-state index is -4.19. The van der Waals surface area contributed by atoms with Crippen LogP contribution in [0.15, 0.2) is 72.4 Å². The molecular weight excluding hydrogens is 426 g/mol. The predicted octanol–water partition coefficient (Wildman–Crippen LogP) is 2.68. The third-order valence-electron chi connectivity index (χ3n) is 4.47. The number of sulfonamides is 1. The van der Waals surface area contributed by atoms with Crippen LogP contribution in [-0.4, -0.2) is 30.4 Å². The molecule has 0 bridgehead atoms. The summed E-state index contributed by atoms with van der Waals surface area (Å²) < 4.78 is 56.4. The van der Waals surface area contributed by atoms with E-state index in [4.69, 9.17) is 0 Å². The number of nitrogens with zero attached hydrogens (tertiary/aromatic N) is 2. The van der Waals surface area contributed by atoms with Crippen LogP contribution < -0.4 is 10.0 Å². The molecule has 0 aliphatic carbocycles. The number of hydrogen-bond acceptors (Lipinski definition) is 4. The number of imidazole rings is 1. The highest BCUT2D eigenvalue weighted by Crippen LogP contribution is 2.23. The Labute approximate surface area is 178 Å². The van der Waals surface area contributed by atoms with Gasteiger partial charge in [0.1, 0.15) is 28.4 Å². The van der Waals surface area contributed by atoms with Crippen molar-refractivity contribution in [3.8, 4) is 0 Å². The highest BCUT2D eigenvalue weighted by Gasteiger charge is 2.24. The van der Waals surface area contributed by atoms with Gasteiger partial charge in [0.2, 0.25) is 10.0 Å². The van der Waals surface area contributed by atoms with Crippen LogP contribution in [0.4, 0.5) is 8.78 Å². The minimum Gasteiger partial charge on any atom is -0.338 e. The molecule has 1 unspecified atom stereocenters. The van der Waals surface area contributed by atoms with E-state index in [1.54, 1.807) is 23.9 Å². The summed E-state index contributed by atoms with van der Waals surface area (Å²) in [5.74, 6) is -1.74. The van der Waals surface area contributed by atoms with Crippen LogP contribution in [0.2, 0.25) is 0 Å². The van der Waals surface area contributed by atoms with Gasteiger partial charge < -0.3 is 9.88 Å². The molecule has 1 heterocycles. The summed E-state index contributed by atoms with van der Waals surface area (Å²) in [4.78, 5) is 16.5. The first-order chi connectivity index (χ1) is 14.7. The molecule has 0 aliphatic rings. The lowest BCUT2D eigenvalue weighted by Crippen LogP contribution is -2.31. The van der Waals surface area contributed by atoms with E-state index in [9.17, 15) is 22.0 Å². The molecule has 3 aromatic rings. The van der Waals surface area contributed by atoms with Crippen LogP contribution in [0.1, 0.15) is 27.8 Å². The molecule has 0 saturated carbocycles. The maximum absolute atomic E-state index is 14.2. The molecule has 0 radical (unpaired) electrons. The first-order valence-electron chi connectivity index (χ1n) is 9.16. The van der Waals surface area contributed by atoms with Crippen molar-refractivity contribution < 1.29 is 22.0 Å². The average molecular weight is 446 g/mol. The highest BCUT2D eigenvalue weighted by molar-refractivity contribution is 7.89. The Bertz CT molecular complexity index is 1220. The molecule has 0 fully saturated rings. The number of carbonyl (C=O) groups is 1. The molecule has 2 aromatic carbocycles. The fourth-order valence-corrected chi connectivity index (χ4v) is 4.05. The normalized spacial score (nSPS) is 12.4. The summed E-state index contributed by atoms with van der Waals surface area (Å²) >= 11 is 0. The van der Waals surface area contributed by atoms with E-state index in [-0.39, 0.29) is 12.1 Å². The lowest BCUT2D eigenvalue weighted by molar-refractivity contribution is 0.0940. The summed E-state index contributed by atoms with van der Waals surface area (Å²) in [7, 11) is -2.47. The van der Waals surface area contributed by atoms with E-state index in [0.717, 1.165) is 18.2 Å². The standard InChI is InChI=1S/C21H20F2N4O3S/c1-3-9-25-31(29,30)18-13-15(7-8-17(18)23)21(28)26-19(20-24-10-11-27(20)2)14-5-4-6-16(22)12-14/h3-8,10-13,19,25H,1,9H2,2H3,(H,26,28). The first kappa shape index (κ1) is 22.3. The number of rotatable bonds is 8. The molecule has 10 heteroatoms.